The van der Waals surface area contributed by atoms with Crippen molar-refractivity contribution in [2.24, 2.45) is 0 Å². The number of nitrogens with one attached hydrogen (secondary N) is 2. The van der Waals surface area contributed by atoms with Gasteiger partial charge in [0.05, 0.1) is 11.3 Å². The standard InChI is InChI=1S/C15H25N3OS/c1-5-16-14-9-12(4)17-10-13(14)15(19)18-11(3)7-8-20-6-2/h9-11H,5-8H2,1-4H3,(H,16,17)(H,18,19). The molecule has 0 spiro atoms. The number of anilines is 1. The predicted octanol–water partition coefficient (Wildman–Crippen LogP) is 3.08. The highest BCUT2D eigenvalue weighted by Crippen LogP contribution is 2.16. The lowest BCUT2D eigenvalue weighted by Gasteiger charge is -2.16. The molecule has 1 unspecified atom stereocenters. The van der Waals surface area contributed by atoms with Gasteiger partial charge in [-0.25, -0.2) is 0 Å². The van der Waals surface area contributed by atoms with Gasteiger partial charge >= 0.3 is 0 Å². The molecule has 1 aromatic rings. The van der Waals surface area contributed by atoms with E-state index in [0.717, 1.165) is 35.9 Å². The zero-order valence-electron chi connectivity index (χ0n) is 12.8. The number of aryl methyl sites for hydroxylation is 1. The number of hydrogen-bond acceptors (Lipinski definition) is 4. The maximum atomic E-state index is 12.3. The Labute approximate surface area is 126 Å². The van der Waals surface area contributed by atoms with Gasteiger partial charge in [0.1, 0.15) is 0 Å². The molecule has 5 heteroatoms. The normalized spacial score (nSPS) is 12.0. The average molecular weight is 295 g/mol. The van der Waals surface area contributed by atoms with E-state index in [2.05, 4.69) is 22.5 Å². The van der Waals surface area contributed by atoms with Gasteiger partial charge < -0.3 is 10.6 Å². The highest BCUT2D eigenvalue weighted by molar-refractivity contribution is 7.99. The van der Waals surface area contributed by atoms with Crippen molar-refractivity contribution in [1.29, 1.82) is 0 Å². The minimum absolute atomic E-state index is 0.0533. The number of carbonyl (C=O) groups is 1. The fourth-order valence-electron chi connectivity index (χ4n) is 1.86. The Morgan fingerprint density at radius 3 is 2.85 bits per heavy atom. The topological polar surface area (TPSA) is 54.0 Å². The van der Waals surface area contributed by atoms with Crippen molar-refractivity contribution < 1.29 is 4.79 Å². The van der Waals surface area contributed by atoms with E-state index >= 15 is 0 Å². The molecule has 1 rings (SSSR count). The molecule has 0 aliphatic carbocycles. The largest absolute Gasteiger partial charge is 0.385 e. The maximum absolute atomic E-state index is 12.3. The first kappa shape index (κ1) is 16.8. The smallest absolute Gasteiger partial charge is 0.255 e. The second kappa shape index (κ2) is 8.84. The number of pyridine rings is 1. The van der Waals surface area contributed by atoms with Crippen LogP contribution in [-0.4, -0.2) is 35.0 Å². The van der Waals surface area contributed by atoms with Crippen molar-refractivity contribution in [3.05, 3.63) is 23.5 Å². The Hall–Kier alpha value is -1.23. The highest BCUT2D eigenvalue weighted by atomic mass is 32.2. The van der Waals surface area contributed by atoms with Crippen LogP contribution in [0.5, 0.6) is 0 Å². The third-order valence-corrected chi connectivity index (χ3v) is 3.86. The molecule has 0 bridgehead atoms. The van der Waals surface area contributed by atoms with Crippen LogP contribution in [0.3, 0.4) is 0 Å². The van der Waals surface area contributed by atoms with Crippen molar-refractivity contribution in [3.63, 3.8) is 0 Å². The number of nitrogens with zero attached hydrogens (tertiary/aromatic N) is 1. The minimum atomic E-state index is -0.0533. The Kier molecular flexibility index (Phi) is 7.44. The van der Waals surface area contributed by atoms with E-state index in [1.165, 1.54) is 0 Å². The maximum Gasteiger partial charge on any atom is 0.255 e. The lowest BCUT2D eigenvalue weighted by Crippen LogP contribution is -2.33. The number of rotatable bonds is 8. The molecular weight excluding hydrogens is 270 g/mol. The van der Waals surface area contributed by atoms with E-state index in [9.17, 15) is 4.79 Å². The molecule has 0 aromatic carbocycles. The molecule has 0 aliphatic rings. The molecule has 1 aromatic heterocycles. The van der Waals surface area contributed by atoms with Crippen molar-refractivity contribution in [1.82, 2.24) is 10.3 Å². The Bertz CT molecular complexity index is 437. The first-order valence-corrected chi connectivity index (χ1v) is 8.33. The van der Waals surface area contributed by atoms with E-state index in [0.29, 0.717) is 5.56 Å². The van der Waals surface area contributed by atoms with Gasteiger partial charge in [-0.05, 0) is 44.8 Å². The van der Waals surface area contributed by atoms with Crippen molar-refractivity contribution in [3.8, 4) is 0 Å². The van der Waals surface area contributed by atoms with E-state index < -0.39 is 0 Å². The number of aromatic nitrogens is 1. The fraction of sp³-hybridized carbons (Fsp3) is 0.600. The number of hydrogen-bond donors (Lipinski definition) is 2. The summed E-state index contributed by atoms with van der Waals surface area (Å²) < 4.78 is 0. The van der Waals surface area contributed by atoms with Crippen LogP contribution in [0.1, 0.15) is 43.2 Å². The first-order valence-electron chi connectivity index (χ1n) is 7.17. The van der Waals surface area contributed by atoms with Gasteiger partial charge in [-0.1, -0.05) is 6.92 Å². The molecule has 0 saturated carbocycles. The van der Waals surface area contributed by atoms with E-state index in [1.54, 1.807) is 6.20 Å². The van der Waals surface area contributed by atoms with Crippen molar-refractivity contribution >= 4 is 23.4 Å². The van der Waals surface area contributed by atoms with Gasteiger partial charge in [0.2, 0.25) is 0 Å². The second-order valence-electron chi connectivity index (χ2n) is 4.76. The molecule has 2 N–H and O–H groups in total. The van der Waals surface area contributed by atoms with Gasteiger partial charge in [-0.3, -0.25) is 9.78 Å². The summed E-state index contributed by atoms with van der Waals surface area (Å²) in [4.78, 5) is 16.5. The van der Waals surface area contributed by atoms with Crippen LogP contribution in [0, 0.1) is 6.92 Å². The summed E-state index contributed by atoms with van der Waals surface area (Å²) in [6.07, 6.45) is 2.64. The first-order chi connectivity index (χ1) is 9.58. The van der Waals surface area contributed by atoms with Crippen LogP contribution in [-0.2, 0) is 0 Å². The lowest BCUT2D eigenvalue weighted by atomic mass is 10.1. The molecular formula is C15H25N3OS. The summed E-state index contributed by atoms with van der Waals surface area (Å²) in [6.45, 7) is 8.92. The molecule has 1 heterocycles. The summed E-state index contributed by atoms with van der Waals surface area (Å²) in [6, 6.07) is 2.09. The molecule has 1 amide bonds. The third-order valence-electron chi connectivity index (χ3n) is 2.93. The van der Waals surface area contributed by atoms with Crippen LogP contribution in [0.4, 0.5) is 5.69 Å². The van der Waals surface area contributed by atoms with Crippen LogP contribution < -0.4 is 10.6 Å². The van der Waals surface area contributed by atoms with Crippen LogP contribution >= 0.6 is 11.8 Å². The van der Waals surface area contributed by atoms with Gasteiger partial charge in [0, 0.05) is 24.5 Å². The number of amides is 1. The van der Waals surface area contributed by atoms with Crippen molar-refractivity contribution in [2.75, 3.05) is 23.4 Å². The van der Waals surface area contributed by atoms with E-state index in [1.807, 2.05) is 38.6 Å². The lowest BCUT2D eigenvalue weighted by molar-refractivity contribution is 0.0940. The second-order valence-corrected chi connectivity index (χ2v) is 6.16. The summed E-state index contributed by atoms with van der Waals surface area (Å²) in [5.74, 6) is 2.14. The molecule has 0 fully saturated rings. The molecule has 1 atom stereocenters. The third kappa shape index (κ3) is 5.41. The predicted molar refractivity (Wildman–Crippen MR) is 87.7 cm³/mol. The van der Waals surface area contributed by atoms with E-state index in [4.69, 9.17) is 0 Å². The Balaban J connectivity index is 2.66. The molecule has 4 nitrogen and oxygen atoms in total. The van der Waals surface area contributed by atoms with Crippen molar-refractivity contribution in [2.45, 2.75) is 40.2 Å². The number of thioether (sulfide) groups is 1. The molecule has 0 radical (unpaired) electrons. The SMILES string of the molecule is CCNc1cc(C)ncc1C(=O)NC(C)CCSCC. The molecule has 20 heavy (non-hydrogen) atoms. The van der Waals surface area contributed by atoms with Gasteiger partial charge in [-0.15, -0.1) is 0 Å². The van der Waals surface area contributed by atoms with Gasteiger partial charge in [0.25, 0.3) is 5.91 Å². The van der Waals surface area contributed by atoms with Crippen LogP contribution in [0.25, 0.3) is 0 Å². The summed E-state index contributed by atoms with van der Waals surface area (Å²) in [5, 5.41) is 6.26. The monoisotopic (exact) mass is 295 g/mol. The molecule has 0 saturated heterocycles. The minimum Gasteiger partial charge on any atom is -0.385 e. The summed E-state index contributed by atoms with van der Waals surface area (Å²) in [5.41, 5.74) is 2.38. The Morgan fingerprint density at radius 2 is 2.20 bits per heavy atom. The quantitative estimate of drug-likeness (QED) is 0.724. The van der Waals surface area contributed by atoms with Gasteiger partial charge in [0.15, 0.2) is 0 Å². The summed E-state index contributed by atoms with van der Waals surface area (Å²) in [7, 11) is 0. The fourth-order valence-corrected chi connectivity index (χ4v) is 2.66. The van der Waals surface area contributed by atoms with Crippen LogP contribution in [0.15, 0.2) is 12.3 Å². The van der Waals surface area contributed by atoms with E-state index in [-0.39, 0.29) is 11.9 Å². The Morgan fingerprint density at radius 1 is 1.45 bits per heavy atom. The number of carbonyl (C=O) groups excluding carboxylic acids is 1. The average Bonchev–Trinajstić information content (AvgIpc) is 2.39. The zero-order valence-corrected chi connectivity index (χ0v) is 13.6. The molecule has 112 valence electrons. The van der Waals surface area contributed by atoms with Gasteiger partial charge in [-0.2, -0.15) is 11.8 Å². The summed E-state index contributed by atoms with van der Waals surface area (Å²) >= 11 is 1.90. The highest BCUT2D eigenvalue weighted by Gasteiger charge is 2.14. The zero-order chi connectivity index (χ0) is 15.0. The molecule has 0 aliphatic heterocycles. The van der Waals surface area contributed by atoms with Crippen LogP contribution in [0.2, 0.25) is 0 Å².